The number of carbonyl (C=O) groups is 1. The van der Waals surface area contributed by atoms with Crippen LogP contribution in [0.5, 0.6) is 0 Å². The number of hydrogen-bond donors (Lipinski definition) is 1. The van der Waals surface area contributed by atoms with Gasteiger partial charge in [0, 0.05) is 20.4 Å². The van der Waals surface area contributed by atoms with Gasteiger partial charge in [-0.3, -0.25) is 0 Å². The number of halogens is 1. The van der Waals surface area contributed by atoms with Gasteiger partial charge in [0.1, 0.15) is 0 Å². The van der Waals surface area contributed by atoms with Gasteiger partial charge in [0.25, 0.3) is 0 Å². The van der Waals surface area contributed by atoms with Crippen LogP contribution in [0.3, 0.4) is 0 Å². The summed E-state index contributed by atoms with van der Waals surface area (Å²) in [7, 11) is 5.07. The van der Waals surface area contributed by atoms with Crippen LogP contribution < -0.4 is 0 Å². The molecule has 2 nitrogen and oxygen atoms in total. The zero-order valence-electron chi connectivity index (χ0n) is 3.07. The van der Waals surface area contributed by atoms with Crippen molar-refractivity contribution in [1.82, 2.24) is 0 Å². The molecule has 0 saturated carbocycles. The molecule has 0 rings (SSSR count). The van der Waals surface area contributed by atoms with Gasteiger partial charge in [-0.15, -0.1) is 0 Å². The van der Waals surface area contributed by atoms with Gasteiger partial charge in [0.15, 0.2) is 0 Å². The third-order valence-electron chi connectivity index (χ3n) is 0.138. The van der Waals surface area contributed by atoms with Crippen molar-refractivity contribution in [3.8, 4) is 0 Å². The summed E-state index contributed by atoms with van der Waals surface area (Å²) < 4.78 is 0. The van der Waals surface area contributed by atoms with Crippen molar-refractivity contribution in [1.29, 1.82) is 0 Å². The van der Waals surface area contributed by atoms with E-state index in [1.165, 1.54) is 0 Å². The third-order valence-corrected chi connectivity index (χ3v) is 1.32. The molecule has 50 valence electrons. The molecule has 0 unspecified atom stereocenters. The Morgan fingerprint density at radius 2 is 2.29 bits per heavy atom. The second-order valence-corrected chi connectivity index (χ2v) is 2.56. The van der Waals surface area contributed by atoms with Crippen LogP contribution >= 0.6 is 9.53 Å². The first-order valence-electron chi connectivity index (χ1n) is 1.12. The molecule has 0 amide bonds. The summed E-state index contributed by atoms with van der Waals surface area (Å²) in [5, 5.41) is 7.84. The van der Waals surface area contributed by atoms with Crippen molar-refractivity contribution in [3.63, 3.8) is 0 Å². The van der Waals surface area contributed by atoms with Crippen LogP contribution in [0.1, 0.15) is 0 Å². The molecule has 0 bridgehead atoms. The monoisotopic (exact) mass is 306 g/mol. The van der Waals surface area contributed by atoms with Crippen molar-refractivity contribution in [2.75, 3.05) is 0 Å². The minimum Gasteiger partial charge on any atom is 0 e. The quantitative estimate of drug-likeness (QED) is 0.764. The summed E-state index contributed by atoms with van der Waals surface area (Å²) in [6.07, 6.45) is 0. The Morgan fingerprint density at radius 1 is 1.86 bits per heavy atom. The van der Waals surface area contributed by atoms with E-state index in [0.29, 0.717) is 0 Å². The van der Waals surface area contributed by atoms with Crippen LogP contribution in [0.2, 0.25) is 4.89 Å². The summed E-state index contributed by atoms with van der Waals surface area (Å²) in [5.41, 5.74) is 0. The fourth-order valence-electron chi connectivity index (χ4n) is 0.0361. The summed E-state index contributed by atoms with van der Waals surface area (Å²) in [6, 6.07) is 0. The zero-order chi connectivity index (χ0) is 4.99. The van der Waals surface area contributed by atoms with E-state index in [4.69, 9.17) is 14.6 Å². The second kappa shape index (κ2) is 7.08. The maximum absolute atomic E-state index is 9.53. The van der Waals surface area contributed by atoms with Crippen molar-refractivity contribution in [2.24, 2.45) is 0 Å². The van der Waals surface area contributed by atoms with Crippen LogP contribution in [0, 0.1) is 0 Å². The Kier molecular flexibility index (Phi) is 11.1. The number of carboxylic acid groups (broad SMARTS) is 1. The van der Waals surface area contributed by atoms with E-state index in [9.17, 15) is 4.79 Å². The SMILES string of the molecule is O=C(O)[CH2][Pd][Cl].[Pd]. The fourth-order valence-corrected chi connectivity index (χ4v) is 0.642. The molecule has 0 fully saturated rings. The van der Waals surface area contributed by atoms with Gasteiger partial charge in [-0.2, -0.15) is 0 Å². The molecule has 0 atom stereocenters. The van der Waals surface area contributed by atoms with Gasteiger partial charge in [-0.1, -0.05) is 0 Å². The molecule has 1 N–H and O–H groups in total. The molecule has 0 heterocycles. The molecular formula is C2H3ClO2Pd2. The van der Waals surface area contributed by atoms with E-state index in [1.54, 1.807) is 0 Å². The van der Waals surface area contributed by atoms with Crippen molar-refractivity contribution >= 4 is 15.5 Å². The minimum atomic E-state index is -0.820. The summed E-state index contributed by atoms with van der Waals surface area (Å²) in [5.74, 6) is -0.820. The Morgan fingerprint density at radius 3 is 2.29 bits per heavy atom. The molecule has 0 aromatic rings. The Balaban J connectivity index is 0. The van der Waals surface area contributed by atoms with E-state index in [2.05, 4.69) is 0 Å². The van der Waals surface area contributed by atoms with Crippen molar-refractivity contribution in [2.45, 2.75) is 4.89 Å². The predicted octanol–water partition coefficient (Wildman–Crippen LogP) is 0.723. The molecule has 0 radical (unpaired) electrons. The Hall–Kier alpha value is 1.08. The largest absolute Gasteiger partial charge is 0 e. The zero-order valence-corrected chi connectivity index (χ0v) is 6.94. The average molecular weight is 307 g/mol. The van der Waals surface area contributed by atoms with Gasteiger partial charge in [-0.05, 0) is 0 Å². The van der Waals surface area contributed by atoms with Gasteiger partial charge in [0.05, 0.1) is 0 Å². The summed E-state index contributed by atoms with van der Waals surface area (Å²) in [6.45, 7) is 0. The van der Waals surface area contributed by atoms with Crippen LogP contribution in [0.15, 0.2) is 0 Å². The van der Waals surface area contributed by atoms with Crippen molar-refractivity contribution in [3.05, 3.63) is 0 Å². The fraction of sp³-hybridized carbons (Fsp3) is 0.500. The number of carboxylic acids is 1. The topological polar surface area (TPSA) is 37.3 Å². The normalized spacial score (nSPS) is 7.57. The second-order valence-electron chi connectivity index (χ2n) is 0.590. The minimum absolute atomic E-state index is 0. The van der Waals surface area contributed by atoms with E-state index in [1.807, 2.05) is 0 Å². The average Bonchev–Trinajstić information content (AvgIpc) is 1.35. The molecule has 0 saturated heterocycles. The molecule has 0 aromatic heterocycles. The van der Waals surface area contributed by atoms with E-state index in [-0.39, 0.29) is 42.3 Å². The maximum atomic E-state index is 9.53. The first kappa shape index (κ1) is 11.0. The van der Waals surface area contributed by atoms with E-state index < -0.39 is 5.97 Å². The number of rotatable bonds is 2. The molecule has 0 spiro atoms. The van der Waals surface area contributed by atoms with Gasteiger partial charge in [0.2, 0.25) is 0 Å². The molecular weight excluding hydrogens is 304 g/mol. The molecule has 0 aliphatic heterocycles. The summed E-state index contributed by atoms with van der Waals surface area (Å²) >= 11 is -0.144. The molecule has 0 aliphatic rings. The molecule has 0 aromatic carbocycles. The molecule has 7 heavy (non-hydrogen) atoms. The smallest absolute Gasteiger partial charge is 0 e. The van der Waals surface area contributed by atoms with Gasteiger partial charge >= 0.3 is 47.3 Å². The first-order valence-corrected chi connectivity index (χ1v) is 4.23. The van der Waals surface area contributed by atoms with Crippen LogP contribution in [-0.2, 0) is 42.2 Å². The van der Waals surface area contributed by atoms with E-state index in [0.717, 1.165) is 0 Å². The number of hydrogen-bond acceptors (Lipinski definition) is 1. The molecule has 5 heteroatoms. The van der Waals surface area contributed by atoms with E-state index >= 15 is 0 Å². The van der Waals surface area contributed by atoms with Crippen LogP contribution in [0.4, 0.5) is 0 Å². The maximum Gasteiger partial charge on any atom is 0 e. The molecule has 0 aliphatic carbocycles. The predicted molar refractivity (Wildman–Crippen MR) is 18.3 cm³/mol. The van der Waals surface area contributed by atoms with Crippen LogP contribution in [0.25, 0.3) is 0 Å². The van der Waals surface area contributed by atoms with Gasteiger partial charge in [-0.25, -0.2) is 0 Å². The van der Waals surface area contributed by atoms with Gasteiger partial charge < -0.3 is 0 Å². The van der Waals surface area contributed by atoms with Crippen molar-refractivity contribution < 1.29 is 47.3 Å². The Labute approximate surface area is 67.4 Å². The standard InChI is InChI=1S/C2H3O2.ClH.2Pd/c1-2(3)4;;;/h1H2,(H,3,4);1H;;/q;;;+1/p-1. The Bertz CT molecular complexity index is 57.7. The first-order chi connectivity index (χ1) is 2.77. The third kappa shape index (κ3) is 11.0. The summed E-state index contributed by atoms with van der Waals surface area (Å²) in [4.78, 5) is 9.63. The number of aliphatic carboxylic acids is 1. The van der Waals surface area contributed by atoms with Crippen LogP contribution in [-0.4, -0.2) is 11.1 Å².